The van der Waals surface area contributed by atoms with Crippen molar-refractivity contribution in [2.24, 2.45) is 11.8 Å². The molecule has 10 heteroatoms. The largest absolute Gasteiger partial charge is 0.348 e. The number of aryl methyl sites for hydroxylation is 1. The molecule has 5 rings (SSSR count). The fourth-order valence-electron chi connectivity index (χ4n) is 6.40. The van der Waals surface area contributed by atoms with Crippen molar-refractivity contribution in [1.82, 2.24) is 19.8 Å². The van der Waals surface area contributed by atoms with Gasteiger partial charge in [0.25, 0.3) is 11.5 Å². The Morgan fingerprint density at radius 3 is 2.50 bits per heavy atom. The van der Waals surface area contributed by atoms with Gasteiger partial charge in [-0.1, -0.05) is 18.2 Å². The van der Waals surface area contributed by atoms with Gasteiger partial charge in [0.15, 0.2) is 0 Å². The number of piperidine rings is 1. The molecule has 0 spiro atoms. The molecule has 2 amide bonds. The van der Waals surface area contributed by atoms with Crippen molar-refractivity contribution >= 4 is 34.5 Å². The molecule has 2 N–H and O–H groups in total. The Bertz CT molecular complexity index is 1500. The number of likely N-dealkylation sites (tertiary alicyclic amines) is 1. The first-order chi connectivity index (χ1) is 19.0. The van der Waals surface area contributed by atoms with E-state index in [9.17, 15) is 23.2 Å². The summed E-state index contributed by atoms with van der Waals surface area (Å²) in [5.41, 5.74) is 3.52. The number of rotatable bonds is 7. The van der Waals surface area contributed by atoms with Crippen molar-refractivity contribution in [3.63, 3.8) is 0 Å². The minimum absolute atomic E-state index is 0.0692. The van der Waals surface area contributed by atoms with Crippen LogP contribution in [0.2, 0.25) is 0 Å². The summed E-state index contributed by atoms with van der Waals surface area (Å²) in [7, 11) is 0. The topological polar surface area (TPSA) is 87.2 Å². The maximum absolute atomic E-state index is 13.6. The predicted molar refractivity (Wildman–Crippen MR) is 153 cm³/mol. The van der Waals surface area contributed by atoms with Crippen molar-refractivity contribution in [3.8, 4) is 0 Å². The highest BCUT2D eigenvalue weighted by Gasteiger charge is 2.50. The van der Waals surface area contributed by atoms with E-state index in [0.29, 0.717) is 24.2 Å². The molecule has 0 radical (unpaired) electrons. The summed E-state index contributed by atoms with van der Waals surface area (Å²) >= 11 is 1.48. The molecule has 0 bridgehead atoms. The van der Waals surface area contributed by atoms with Gasteiger partial charge in [-0.2, -0.15) is 0 Å². The molecule has 3 aromatic rings. The second-order valence-corrected chi connectivity index (χ2v) is 12.1. The van der Waals surface area contributed by atoms with E-state index in [0.717, 1.165) is 40.0 Å². The van der Waals surface area contributed by atoms with Crippen LogP contribution in [0, 0.1) is 25.7 Å². The maximum atomic E-state index is 13.6. The molecule has 0 unspecified atom stereocenters. The molecular formula is C30H36F2N4O3S. The standard InChI is InChI=1S/C30H36F2N4O3S/c1-17-13-25(40-4)23(27(37)34-17)16-33-28(38)26-19(3)36(24-8-6-5-7-22(24)26)18(2)20-9-11-35(12-10-20)29(39)21-14-30(31,32)15-21/h5-8,13,18,20-21H,9-12,14-16H2,1-4H3,(H,33,38)(H,34,37)/t18-/m0/s1. The fourth-order valence-corrected chi connectivity index (χ4v) is 7.11. The van der Waals surface area contributed by atoms with Crippen LogP contribution in [0.1, 0.15) is 66.0 Å². The third kappa shape index (κ3) is 5.30. The molecule has 40 heavy (non-hydrogen) atoms. The van der Waals surface area contributed by atoms with Crippen LogP contribution in [0.15, 0.2) is 40.0 Å². The van der Waals surface area contributed by atoms with Crippen LogP contribution in [-0.2, 0) is 11.3 Å². The van der Waals surface area contributed by atoms with Crippen molar-refractivity contribution in [2.75, 3.05) is 19.3 Å². The van der Waals surface area contributed by atoms with Gasteiger partial charge in [-0.05, 0) is 57.9 Å². The lowest BCUT2D eigenvalue weighted by atomic mass is 9.79. The number of H-pyrrole nitrogens is 1. The highest BCUT2D eigenvalue weighted by atomic mass is 32.2. The summed E-state index contributed by atoms with van der Waals surface area (Å²) in [5.74, 6) is -3.35. The monoisotopic (exact) mass is 570 g/mol. The third-order valence-corrected chi connectivity index (χ3v) is 9.44. The lowest BCUT2D eigenvalue weighted by molar-refractivity contribution is -0.161. The minimum atomic E-state index is -2.70. The zero-order chi connectivity index (χ0) is 28.8. The molecule has 1 aromatic carbocycles. The van der Waals surface area contributed by atoms with Gasteiger partial charge >= 0.3 is 0 Å². The summed E-state index contributed by atoms with van der Waals surface area (Å²) in [4.78, 5) is 44.2. The molecule has 1 saturated heterocycles. The van der Waals surface area contributed by atoms with E-state index < -0.39 is 11.8 Å². The maximum Gasteiger partial charge on any atom is 0.254 e. The lowest BCUT2D eigenvalue weighted by Gasteiger charge is -2.41. The number of nitrogens with zero attached hydrogens (tertiary/aromatic N) is 2. The predicted octanol–water partition coefficient (Wildman–Crippen LogP) is 5.44. The number of aromatic amines is 1. The Balaban J connectivity index is 1.33. The Morgan fingerprint density at radius 2 is 1.85 bits per heavy atom. The molecule has 1 aliphatic heterocycles. The molecule has 2 aliphatic rings. The van der Waals surface area contributed by atoms with Gasteiger partial charge in [0, 0.05) is 77.2 Å². The first-order valence-electron chi connectivity index (χ1n) is 13.8. The number of aromatic nitrogens is 2. The van der Waals surface area contributed by atoms with E-state index in [1.807, 2.05) is 50.4 Å². The van der Waals surface area contributed by atoms with Crippen molar-refractivity contribution in [1.29, 1.82) is 0 Å². The van der Waals surface area contributed by atoms with Crippen LogP contribution >= 0.6 is 11.8 Å². The molecule has 2 aromatic heterocycles. The fraction of sp³-hybridized carbons (Fsp3) is 0.500. The van der Waals surface area contributed by atoms with Crippen molar-refractivity contribution < 1.29 is 18.4 Å². The average molecular weight is 571 g/mol. The Hall–Kier alpha value is -3.14. The molecular weight excluding hydrogens is 534 g/mol. The molecule has 2 fully saturated rings. The van der Waals surface area contributed by atoms with Gasteiger partial charge in [0.1, 0.15) is 0 Å². The number of hydrogen-bond donors (Lipinski definition) is 2. The number of para-hydroxylation sites is 1. The number of fused-ring (bicyclic) bond motifs is 1. The second-order valence-electron chi connectivity index (χ2n) is 11.2. The molecule has 1 saturated carbocycles. The number of halogens is 2. The number of alkyl halides is 2. The first kappa shape index (κ1) is 28.4. The van der Waals surface area contributed by atoms with Crippen LogP contribution < -0.4 is 10.9 Å². The summed E-state index contributed by atoms with van der Waals surface area (Å²) < 4.78 is 28.8. The Kier molecular flexibility index (Phi) is 7.83. The van der Waals surface area contributed by atoms with Gasteiger partial charge in [-0.15, -0.1) is 11.8 Å². The quantitative estimate of drug-likeness (QED) is 0.370. The molecule has 3 heterocycles. The normalized spacial score (nSPS) is 18.5. The molecule has 214 valence electrons. The number of thioether (sulfide) groups is 1. The lowest BCUT2D eigenvalue weighted by Crippen LogP contribution is -2.49. The highest BCUT2D eigenvalue weighted by molar-refractivity contribution is 7.98. The number of amides is 2. The van der Waals surface area contributed by atoms with Crippen LogP contribution in [0.4, 0.5) is 8.78 Å². The number of hydrogen-bond acceptors (Lipinski definition) is 4. The van der Waals surface area contributed by atoms with Crippen LogP contribution in [0.25, 0.3) is 10.9 Å². The summed E-state index contributed by atoms with van der Waals surface area (Å²) in [6, 6.07) is 9.81. The van der Waals surface area contributed by atoms with Crippen LogP contribution in [0.5, 0.6) is 0 Å². The first-order valence-corrected chi connectivity index (χ1v) is 15.0. The number of pyridine rings is 1. The molecule has 1 atom stereocenters. The summed E-state index contributed by atoms with van der Waals surface area (Å²) in [6.45, 7) is 7.17. The van der Waals surface area contributed by atoms with Gasteiger partial charge in [0.05, 0.1) is 5.56 Å². The zero-order valence-electron chi connectivity index (χ0n) is 23.4. The smallest absolute Gasteiger partial charge is 0.254 e. The molecule has 7 nitrogen and oxygen atoms in total. The van der Waals surface area contributed by atoms with E-state index in [1.165, 1.54) is 11.8 Å². The minimum Gasteiger partial charge on any atom is -0.348 e. The van der Waals surface area contributed by atoms with Gasteiger partial charge in [-0.3, -0.25) is 14.4 Å². The highest BCUT2D eigenvalue weighted by Crippen LogP contribution is 2.44. The number of benzene rings is 1. The number of nitrogens with one attached hydrogen (secondary N) is 2. The average Bonchev–Trinajstić information content (AvgIpc) is 3.21. The second kappa shape index (κ2) is 11.0. The summed E-state index contributed by atoms with van der Waals surface area (Å²) in [6.07, 6.45) is 2.79. The Labute approximate surface area is 236 Å². The zero-order valence-corrected chi connectivity index (χ0v) is 24.2. The van der Waals surface area contributed by atoms with Crippen LogP contribution in [0.3, 0.4) is 0 Å². The number of carbonyl (C=O) groups excluding carboxylic acids is 2. The van der Waals surface area contributed by atoms with Crippen LogP contribution in [-0.4, -0.2) is 51.5 Å². The van der Waals surface area contributed by atoms with Gasteiger partial charge in [-0.25, -0.2) is 8.78 Å². The van der Waals surface area contributed by atoms with Crippen molar-refractivity contribution in [2.45, 2.75) is 69.9 Å². The van der Waals surface area contributed by atoms with E-state index in [1.54, 1.807) is 4.90 Å². The van der Waals surface area contributed by atoms with Gasteiger partial charge in [0.2, 0.25) is 11.8 Å². The Morgan fingerprint density at radius 1 is 1.18 bits per heavy atom. The van der Waals surface area contributed by atoms with Crippen molar-refractivity contribution in [3.05, 3.63) is 63.2 Å². The summed E-state index contributed by atoms with van der Waals surface area (Å²) in [5, 5.41) is 3.83. The number of carbonyl (C=O) groups is 2. The SMILES string of the molecule is CSc1cc(C)[nH]c(=O)c1CNC(=O)c1c(C)n([C@@H](C)C2CCN(C(=O)C3CC(F)(F)C3)CC2)c2ccccc12. The third-order valence-electron chi connectivity index (χ3n) is 8.64. The molecule has 1 aliphatic carbocycles. The van der Waals surface area contributed by atoms with E-state index in [4.69, 9.17) is 0 Å². The van der Waals surface area contributed by atoms with Gasteiger partial charge < -0.3 is 19.8 Å². The van der Waals surface area contributed by atoms with E-state index in [2.05, 4.69) is 21.8 Å². The van der Waals surface area contributed by atoms with E-state index >= 15 is 0 Å². The van der Waals surface area contributed by atoms with E-state index in [-0.39, 0.29) is 48.7 Å².